The molecule has 0 atom stereocenters. The lowest BCUT2D eigenvalue weighted by Crippen LogP contribution is -2.14. The second-order valence-electron chi connectivity index (χ2n) is 6.13. The van der Waals surface area contributed by atoms with Gasteiger partial charge in [0.25, 0.3) is 0 Å². The second kappa shape index (κ2) is 21.1. The van der Waals surface area contributed by atoms with Gasteiger partial charge in [-0.25, -0.2) is 0 Å². The maximum Gasteiger partial charge on any atom is 0.308 e. The molecule has 160 valence electrons. The van der Waals surface area contributed by atoms with Crippen molar-refractivity contribution in [1.29, 1.82) is 0 Å². The molecule has 0 radical (unpaired) electrons. The Hall–Kier alpha value is -1.18. The Bertz CT molecular complexity index is 347. The monoisotopic (exact) mass is 390 g/mol. The van der Waals surface area contributed by atoms with Gasteiger partial charge in [0.1, 0.15) is 6.61 Å². The highest BCUT2D eigenvalue weighted by Gasteiger charge is 2.03. The molecule has 0 aromatic heterocycles. The summed E-state index contributed by atoms with van der Waals surface area (Å²) in [6.07, 6.45) is 7.70. The summed E-state index contributed by atoms with van der Waals surface area (Å²) in [6, 6.07) is 0. The Morgan fingerprint density at radius 2 is 1.07 bits per heavy atom. The number of ether oxygens (including phenoxy) is 5. The van der Waals surface area contributed by atoms with Gasteiger partial charge in [-0.1, -0.05) is 39.0 Å². The molecule has 0 heterocycles. The molecule has 0 rings (SSSR count). The molecule has 0 bridgehead atoms. The fourth-order valence-corrected chi connectivity index (χ4v) is 2.27. The van der Waals surface area contributed by atoms with E-state index in [1.165, 1.54) is 25.7 Å². The minimum atomic E-state index is -0.250. The number of hydrogen-bond acceptors (Lipinski definition) is 7. The molecule has 0 amide bonds. The molecule has 0 spiro atoms. The van der Waals surface area contributed by atoms with Gasteiger partial charge in [0.05, 0.1) is 52.7 Å². The lowest BCUT2D eigenvalue weighted by Gasteiger charge is -2.07. The lowest BCUT2D eigenvalue weighted by molar-refractivity contribution is -0.146. The standard InChI is InChI=1S/C20H38O7/c1-3-5-6-7-8-9-10-19(21)27-18-17-25-16-15-24-14-13-23-12-11-20(22)26-4-2/h3-18H2,1-2H3. The van der Waals surface area contributed by atoms with Gasteiger partial charge in [-0.3, -0.25) is 9.59 Å². The van der Waals surface area contributed by atoms with Gasteiger partial charge in [-0.2, -0.15) is 0 Å². The Morgan fingerprint density at radius 3 is 1.70 bits per heavy atom. The van der Waals surface area contributed by atoms with Crippen LogP contribution < -0.4 is 0 Å². The zero-order chi connectivity index (χ0) is 20.0. The predicted octanol–water partition coefficient (Wildman–Crippen LogP) is 3.28. The third-order valence-electron chi connectivity index (χ3n) is 3.73. The highest BCUT2D eigenvalue weighted by molar-refractivity contribution is 5.69. The largest absolute Gasteiger partial charge is 0.466 e. The van der Waals surface area contributed by atoms with Crippen LogP contribution in [0.2, 0.25) is 0 Å². The van der Waals surface area contributed by atoms with Crippen molar-refractivity contribution in [3.63, 3.8) is 0 Å². The van der Waals surface area contributed by atoms with Gasteiger partial charge in [-0.05, 0) is 13.3 Å². The van der Waals surface area contributed by atoms with Crippen LogP contribution in [0.5, 0.6) is 0 Å². The first kappa shape index (κ1) is 25.8. The molecule has 0 unspecified atom stereocenters. The van der Waals surface area contributed by atoms with Gasteiger partial charge < -0.3 is 23.7 Å². The molecule has 7 heteroatoms. The van der Waals surface area contributed by atoms with Crippen molar-refractivity contribution in [2.24, 2.45) is 0 Å². The van der Waals surface area contributed by atoms with E-state index in [9.17, 15) is 9.59 Å². The van der Waals surface area contributed by atoms with E-state index in [4.69, 9.17) is 23.7 Å². The topological polar surface area (TPSA) is 80.3 Å². The SMILES string of the molecule is CCCCCCCCC(=O)OCCOCCOCCOCCC(=O)OCC. The minimum absolute atomic E-state index is 0.148. The molecular formula is C20H38O7. The first-order chi connectivity index (χ1) is 13.2. The van der Waals surface area contributed by atoms with E-state index in [2.05, 4.69) is 6.92 Å². The minimum Gasteiger partial charge on any atom is -0.466 e. The number of carbonyl (C=O) groups excluding carboxylic acids is 2. The zero-order valence-electron chi connectivity index (χ0n) is 17.2. The molecule has 0 aliphatic rings. The summed E-state index contributed by atoms with van der Waals surface area (Å²) in [7, 11) is 0. The van der Waals surface area contributed by atoms with E-state index in [0.717, 1.165) is 12.8 Å². The molecule has 0 aliphatic heterocycles. The van der Waals surface area contributed by atoms with Crippen LogP contribution in [0.4, 0.5) is 0 Å². The van der Waals surface area contributed by atoms with Crippen LogP contribution in [0.3, 0.4) is 0 Å². The lowest BCUT2D eigenvalue weighted by atomic mass is 10.1. The first-order valence-corrected chi connectivity index (χ1v) is 10.2. The van der Waals surface area contributed by atoms with Crippen LogP contribution in [-0.2, 0) is 33.3 Å². The highest BCUT2D eigenvalue weighted by atomic mass is 16.6. The molecule has 27 heavy (non-hydrogen) atoms. The number of esters is 2. The molecule has 7 nitrogen and oxygen atoms in total. The van der Waals surface area contributed by atoms with E-state index in [-0.39, 0.29) is 25.0 Å². The number of rotatable bonds is 20. The van der Waals surface area contributed by atoms with Crippen LogP contribution in [0.15, 0.2) is 0 Å². The fraction of sp³-hybridized carbons (Fsp3) is 0.900. The van der Waals surface area contributed by atoms with Crippen molar-refractivity contribution in [3.05, 3.63) is 0 Å². The summed E-state index contributed by atoms with van der Waals surface area (Å²) in [4.78, 5) is 22.6. The summed E-state index contributed by atoms with van der Waals surface area (Å²) < 4.78 is 25.8. The molecule has 0 fully saturated rings. The van der Waals surface area contributed by atoms with Gasteiger partial charge in [0.15, 0.2) is 0 Å². The maximum absolute atomic E-state index is 11.5. The normalized spacial score (nSPS) is 10.7. The van der Waals surface area contributed by atoms with Crippen LogP contribution in [0, 0.1) is 0 Å². The number of carbonyl (C=O) groups is 2. The molecule has 0 aromatic rings. The van der Waals surface area contributed by atoms with Crippen LogP contribution in [-0.4, -0.2) is 64.8 Å². The molecule has 0 saturated heterocycles. The van der Waals surface area contributed by atoms with Crippen molar-refractivity contribution < 1.29 is 33.3 Å². The quantitative estimate of drug-likeness (QED) is 0.233. The summed E-state index contributed by atoms with van der Waals surface area (Å²) in [5.41, 5.74) is 0. The van der Waals surface area contributed by atoms with E-state index in [1.54, 1.807) is 6.92 Å². The van der Waals surface area contributed by atoms with Crippen LogP contribution in [0.1, 0.15) is 65.2 Å². The van der Waals surface area contributed by atoms with Crippen molar-refractivity contribution in [3.8, 4) is 0 Å². The Kier molecular flexibility index (Phi) is 20.2. The Labute approximate surface area is 164 Å². The van der Waals surface area contributed by atoms with E-state index >= 15 is 0 Å². The summed E-state index contributed by atoms with van der Waals surface area (Å²) in [5.74, 6) is -0.398. The van der Waals surface area contributed by atoms with Crippen molar-refractivity contribution in [2.45, 2.75) is 65.2 Å². The summed E-state index contributed by atoms with van der Waals surface area (Å²) in [5, 5.41) is 0. The molecular weight excluding hydrogens is 352 g/mol. The van der Waals surface area contributed by atoms with Gasteiger partial charge in [0, 0.05) is 6.42 Å². The second-order valence-corrected chi connectivity index (χ2v) is 6.13. The summed E-state index contributed by atoms with van der Waals surface area (Å²) >= 11 is 0. The van der Waals surface area contributed by atoms with Crippen LogP contribution >= 0.6 is 0 Å². The Balaban J connectivity index is 3.17. The van der Waals surface area contributed by atoms with Crippen molar-refractivity contribution >= 4 is 11.9 Å². The average molecular weight is 391 g/mol. The molecule has 0 aromatic carbocycles. The highest BCUT2D eigenvalue weighted by Crippen LogP contribution is 2.07. The third kappa shape index (κ3) is 21.0. The van der Waals surface area contributed by atoms with Gasteiger partial charge in [0.2, 0.25) is 0 Å². The van der Waals surface area contributed by atoms with Crippen molar-refractivity contribution in [2.75, 3.05) is 52.9 Å². The Morgan fingerprint density at radius 1 is 0.556 bits per heavy atom. The molecule has 0 saturated carbocycles. The smallest absolute Gasteiger partial charge is 0.308 e. The van der Waals surface area contributed by atoms with E-state index < -0.39 is 0 Å². The average Bonchev–Trinajstić information content (AvgIpc) is 2.65. The first-order valence-electron chi connectivity index (χ1n) is 10.2. The number of hydrogen-bond donors (Lipinski definition) is 0. The number of unbranched alkanes of at least 4 members (excludes halogenated alkanes) is 5. The predicted molar refractivity (Wildman–Crippen MR) is 103 cm³/mol. The van der Waals surface area contributed by atoms with Gasteiger partial charge >= 0.3 is 11.9 Å². The zero-order valence-corrected chi connectivity index (χ0v) is 17.2. The van der Waals surface area contributed by atoms with Crippen LogP contribution in [0.25, 0.3) is 0 Å². The van der Waals surface area contributed by atoms with E-state index in [0.29, 0.717) is 52.7 Å². The third-order valence-corrected chi connectivity index (χ3v) is 3.73. The molecule has 0 aliphatic carbocycles. The summed E-state index contributed by atoms with van der Waals surface area (Å²) in [6.45, 7) is 7.11. The molecule has 0 N–H and O–H groups in total. The maximum atomic E-state index is 11.5. The fourth-order valence-electron chi connectivity index (χ4n) is 2.27. The van der Waals surface area contributed by atoms with E-state index in [1.807, 2.05) is 0 Å². The van der Waals surface area contributed by atoms with Gasteiger partial charge in [-0.15, -0.1) is 0 Å². The van der Waals surface area contributed by atoms with Crippen molar-refractivity contribution in [1.82, 2.24) is 0 Å².